The topological polar surface area (TPSA) is 53.1 Å². The Morgan fingerprint density at radius 3 is 3.00 bits per heavy atom. The van der Waals surface area contributed by atoms with Gasteiger partial charge in [0.1, 0.15) is 6.10 Å². The zero-order valence-corrected chi connectivity index (χ0v) is 10.2. The summed E-state index contributed by atoms with van der Waals surface area (Å²) in [5.41, 5.74) is 7.74. The smallest absolute Gasteiger partial charge is 0.113 e. The monoisotopic (exact) mass is 231 g/mol. The first kappa shape index (κ1) is 10.7. The van der Waals surface area contributed by atoms with Crippen molar-refractivity contribution >= 4 is 10.9 Å². The Hall–Kier alpha value is -1.39. The Balaban J connectivity index is 2.23. The first-order valence-corrected chi connectivity index (χ1v) is 5.94. The molecule has 1 atom stereocenters. The molecule has 0 unspecified atom stereocenters. The van der Waals surface area contributed by atoms with Crippen LogP contribution in [-0.4, -0.2) is 21.9 Å². The van der Waals surface area contributed by atoms with Crippen LogP contribution >= 0.6 is 0 Å². The van der Waals surface area contributed by atoms with E-state index in [1.165, 1.54) is 0 Å². The standard InChI is InChI=1S/C13H17N3O/c1-13(2)8-16-12(11(7-14)17-13)9-5-3-4-6-10(9)15-16/h3-6,11H,7-8,14H2,1-2H3/t11-/m1/s1. The van der Waals surface area contributed by atoms with Crippen LogP contribution in [0.4, 0.5) is 0 Å². The molecule has 2 aromatic rings. The highest BCUT2D eigenvalue weighted by Crippen LogP contribution is 2.34. The minimum Gasteiger partial charge on any atom is -0.363 e. The molecule has 4 nitrogen and oxygen atoms in total. The number of fused-ring (bicyclic) bond motifs is 3. The lowest BCUT2D eigenvalue weighted by Crippen LogP contribution is -2.40. The van der Waals surface area contributed by atoms with Gasteiger partial charge in [0.25, 0.3) is 0 Å². The SMILES string of the molecule is CC1(C)Cn2nc3ccccc3c2[C@@H](CN)O1. The molecule has 0 saturated carbocycles. The predicted molar refractivity (Wildman–Crippen MR) is 66.7 cm³/mol. The molecule has 4 heteroatoms. The number of hydrogen-bond donors (Lipinski definition) is 1. The highest BCUT2D eigenvalue weighted by atomic mass is 16.5. The van der Waals surface area contributed by atoms with Gasteiger partial charge in [-0.25, -0.2) is 0 Å². The second kappa shape index (κ2) is 3.55. The zero-order valence-electron chi connectivity index (χ0n) is 10.2. The van der Waals surface area contributed by atoms with Gasteiger partial charge >= 0.3 is 0 Å². The van der Waals surface area contributed by atoms with Crippen molar-refractivity contribution in [3.63, 3.8) is 0 Å². The van der Waals surface area contributed by atoms with Gasteiger partial charge < -0.3 is 10.5 Å². The molecule has 1 aliphatic rings. The van der Waals surface area contributed by atoms with Gasteiger partial charge in [-0.3, -0.25) is 4.68 Å². The Morgan fingerprint density at radius 2 is 2.24 bits per heavy atom. The number of aromatic nitrogens is 2. The molecule has 0 amide bonds. The molecule has 1 aromatic carbocycles. The van der Waals surface area contributed by atoms with Gasteiger partial charge in [-0.2, -0.15) is 5.10 Å². The molecule has 1 aliphatic heterocycles. The third-order valence-electron chi connectivity index (χ3n) is 3.20. The van der Waals surface area contributed by atoms with Crippen LogP contribution in [0.25, 0.3) is 10.9 Å². The first-order chi connectivity index (χ1) is 8.11. The summed E-state index contributed by atoms with van der Waals surface area (Å²) >= 11 is 0. The lowest BCUT2D eigenvalue weighted by Gasteiger charge is -2.36. The van der Waals surface area contributed by atoms with E-state index in [4.69, 9.17) is 10.5 Å². The summed E-state index contributed by atoms with van der Waals surface area (Å²) in [6, 6.07) is 8.14. The molecule has 2 N–H and O–H groups in total. The summed E-state index contributed by atoms with van der Waals surface area (Å²) in [5.74, 6) is 0. The van der Waals surface area contributed by atoms with Gasteiger partial charge in [0.15, 0.2) is 0 Å². The molecule has 0 aliphatic carbocycles. The van der Waals surface area contributed by atoms with Crippen molar-refractivity contribution in [3.05, 3.63) is 30.0 Å². The molecular formula is C13H17N3O. The molecule has 0 spiro atoms. The van der Waals surface area contributed by atoms with Crippen LogP contribution < -0.4 is 5.73 Å². The molecule has 0 bridgehead atoms. The van der Waals surface area contributed by atoms with E-state index in [1.807, 2.05) is 22.9 Å². The van der Waals surface area contributed by atoms with Crippen LogP contribution in [0.3, 0.4) is 0 Å². The van der Waals surface area contributed by atoms with Crippen molar-refractivity contribution in [3.8, 4) is 0 Å². The summed E-state index contributed by atoms with van der Waals surface area (Å²) in [4.78, 5) is 0. The van der Waals surface area contributed by atoms with Crippen LogP contribution in [-0.2, 0) is 11.3 Å². The minimum absolute atomic E-state index is 0.0638. The number of nitrogens with two attached hydrogens (primary N) is 1. The van der Waals surface area contributed by atoms with Gasteiger partial charge in [0.2, 0.25) is 0 Å². The fourth-order valence-corrected chi connectivity index (χ4v) is 2.56. The van der Waals surface area contributed by atoms with Crippen molar-refractivity contribution < 1.29 is 4.74 Å². The van der Waals surface area contributed by atoms with Gasteiger partial charge in [-0.15, -0.1) is 0 Å². The van der Waals surface area contributed by atoms with Gasteiger partial charge in [0.05, 0.1) is 23.4 Å². The second-order valence-electron chi connectivity index (χ2n) is 5.16. The van der Waals surface area contributed by atoms with Gasteiger partial charge in [-0.05, 0) is 19.9 Å². The Kier molecular flexibility index (Phi) is 2.24. The van der Waals surface area contributed by atoms with Gasteiger partial charge in [-0.1, -0.05) is 18.2 Å². The average Bonchev–Trinajstić information content (AvgIpc) is 2.64. The van der Waals surface area contributed by atoms with Crippen LogP contribution in [0.1, 0.15) is 25.6 Å². The molecular weight excluding hydrogens is 214 g/mol. The van der Waals surface area contributed by atoms with Crippen molar-refractivity contribution in [2.24, 2.45) is 5.73 Å². The minimum atomic E-state index is -0.209. The van der Waals surface area contributed by atoms with E-state index in [2.05, 4.69) is 25.0 Å². The van der Waals surface area contributed by atoms with Crippen molar-refractivity contribution in [2.75, 3.05) is 6.54 Å². The van der Waals surface area contributed by atoms with E-state index in [0.717, 1.165) is 23.1 Å². The normalized spacial score (nSPS) is 22.6. The number of rotatable bonds is 1. The largest absolute Gasteiger partial charge is 0.363 e. The average molecular weight is 231 g/mol. The maximum absolute atomic E-state index is 6.03. The van der Waals surface area contributed by atoms with Crippen LogP contribution in [0.2, 0.25) is 0 Å². The fourth-order valence-electron chi connectivity index (χ4n) is 2.56. The summed E-state index contributed by atoms with van der Waals surface area (Å²) in [7, 11) is 0. The predicted octanol–water partition coefficient (Wildman–Crippen LogP) is 1.84. The summed E-state index contributed by atoms with van der Waals surface area (Å²) < 4.78 is 8.08. The zero-order chi connectivity index (χ0) is 12.0. The Labute approximate surface area is 100 Å². The first-order valence-electron chi connectivity index (χ1n) is 5.94. The lowest BCUT2D eigenvalue weighted by molar-refractivity contribution is -0.103. The lowest BCUT2D eigenvalue weighted by atomic mass is 10.0. The summed E-state index contributed by atoms with van der Waals surface area (Å²) in [6.07, 6.45) is -0.0638. The fraction of sp³-hybridized carbons (Fsp3) is 0.462. The number of benzene rings is 1. The van der Waals surface area contributed by atoms with Crippen LogP contribution in [0, 0.1) is 0 Å². The molecule has 17 heavy (non-hydrogen) atoms. The summed E-state index contributed by atoms with van der Waals surface area (Å²) in [5, 5.41) is 5.78. The number of nitrogens with zero attached hydrogens (tertiary/aromatic N) is 2. The Bertz CT molecular complexity index is 559. The highest BCUT2D eigenvalue weighted by Gasteiger charge is 2.34. The quantitative estimate of drug-likeness (QED) is 0.814. The van der Waals surface area contributed by atoms with E-state index in [-0.39, 0.29) is 11.7 Å². The van der Waals surface area contributed by atoms with Crippen molar-refractivity contribution in [2.45, 2.75) is 32.1 Å². The molecule has 0 fully saturated rings. The third-order valence-corrected chi connectivity index (χ3v) is 3.20. The molecule has 3 rings (SSSR count). The van der Waals surface area contributed by atoms with Crippen molar-refractivity contribution in [1.29, 1.82) is 0 Å². The summed E-state index contributed by atoms with van der Waals surface area (Å²) in [6.45, 7) is 5.41. The van der Waals surface area contributed by atoms with E-state index >= 15 is 0 Å². The van der Waals surface area contributed by atoms with E-state index in [1.54, 1.807) is 0 Å². The van der Waals surface area contributed by atoms with Crippen LogP contribution in [0.15, 0.2) is 24.3 Å². The third kappa shape index (κ3) is 1.64. The van der Waals surface area contributed by atoms with E-state index < -0.39 is 0 Å². The highest BCUT2D eigenvalue weighted by molar-refractivity contribution is 5.82. The molecule has 0 saturated heterocycles. The van der Waals surface area contributed by atoms with E-state index in [0.29, 0.717) is 6.54 Å². The molecule has 1 aromatic heterocycles. The molecule has 0 radical (unpaired) electrons. The van der Waals surface area contributed by atoms with E-state index in [9.17, 15) is 0 Å². The maximum atomic E-state index is 6.03. The second-order valence-corrected chi connectivity index (χ2v) is 5.16. The Morgan fingerprint density at radius 1 is 1.47 bits per heavy atom. The number of ether oxygens (including phenoxy) is 1. The van der Waals surface area contributed by atoms with Gasteiger partial charge in [0, 0.05) is 11.9 Å². The molecule has 90 valence electrons. The van der Waals surface area contributed by atoms with Crippen LogP contribution in [0.5, 0.6) is 0 Å². The van der Waals surface area contributed by atoms with Crippen molar-refractivity contribution in [1.82, 2.24) is 9.78 Å². The molecule has 2 heterocycles. The maximum Gasteiger partial charge on any atom is 0.113 e. The number of hydrogen-bond acceptors (Lipinski definition) is 3.